The van der Waals surface area contributed by atoms with Gasteiger partial charge in [-0.2, -0.15) is 0 Å². The Kier molecular flexibility index (Phi) is 10.9. The lowest BCUT2D eigenvalue weighted by Gasteiger charge is -2.34. The summed E-state index contributed by atoms with van der Waals surface area (Å²) in [5, 5.41) is -0.0650. The van der Waals surface area contributed by atoms with Crippen molar-refractivity contribution in [2.75, 3.05) is 26.6 Å². The standard InChI is InChI=1S/C25H35BrF2N2O5SSi/c1-8-34-21(31)20-14-25(15-27,18-13-17(26)9-10-19(18)28)29-22(36-20)30(23(32)35-24(2,3)4)16-33-11-12-37(5,6)7/h9-10,13-14H,8,11-12,15-16H2,1-7H3. The van der Waals surface area contributed by atoms with Crippen LogP contribution in [0, 0.1) is 5.82 Å². The zero-order chi connectivity index (χ0) is 28.0. The normalized spacial score (nSPS) is 18.1. The Morgan fingerprint density at radius 3 is 2.49 bits per heavy atom. The number of amidine groups is 1. The van der Waals surface area contributed by atoms with Gasteiger partial charge in [0.15, 0.2) is 5.17 Å². The number of carbonyl (C=O) groups is 2. The molecular weight excluding hydrogens is 586 g/mol. The Morgan fingerprint density at radius 2 is 1.92 bits per heavy atom. The minimum atomic E-state index is -1.92. The SMILES string of the molecule is CCOC(=O)C1=CC(CF)(c2cc(Br)ccc2F)N=C(N(COCC[Si](C)(C)C)C(=O)OC(C)(C)C)S1. The van der Waals surface area contributed by atoms with E-state index < -0.39 is 43.8 Å². The lowest BCUT2D eigenvalue weighted by molar-refractivity contribution is -0.137. The van der Waals surface area contributed by atoms with Gasteiger partial charge in [0.1, 0.15) is 30.4 Å². The highest BCUT2D eigenvalue weighted by atomic mass is 79.9. The average Bonchev–Trinajstić information content (AvgIpc) is 2.78. The Balaban J connectivity index is 2.60. The molecule has 1 heterocycles. The molecule has 0 fully saturated rings. The van der Waals surface area contributed by atoms with E-state index in [2.05, 4.69) is 40.6 Å². The number of rotatable bonds is 9. The molecule has 1 atom stereocenters. The Labute approximate surface area is 231 Å². The predicted octanol–water partition coefficient (Wildman–Crippen LogP) is 6.85. The molecule has 0 bridgehead atoms. The highest BCUT2D eigenvalue weighted by molar-refractivity contribution is 9.10. The summed E-state index contributed by atoms with van der Waals surface area (Å²) in [7, 11) is -1.42. The summed E-state index contributed by atoms with van der Waals surface area (Å²) >= 11 is 4.10. The number of benzene rings is 1. The molecule has 1 aromatic carbocycles. The third-order valence-corrected chi connectivity index (χ3v) is 8.20. The summed E-state index contributed by atoms with van der Waals surface area (Å²) in [6.45, 7) is 12.4. The third-order valence-electron chi connectivity index (χ3n) is 5.00. The largest absolute Gasteiger partial charge is 0.462 e. The van der Waals surface area contributed by atoms with Gasteiger partial charge in [0.05, 0.1) is 11.5 Å². The van der Waals surface area contributed by atoms with Gasteiger partial charge in [-0.1, -0.05) is 35.6 Å². The molecule has 0 aliphatic carbocycles. The number of hydrogen-bond acceptors (Lipinski definition) is 7. The van der Waals surface area contributed by atoms with Gasteiger partial charge < -0.3 is 14.2 Å². The zero-order valence-corrected chi connectivity index (χ0v) is 25.7. The van der Waals surface area contributed by atoms with E-state index >= 15 is 0 Å². The van der Waals surface area contributed by atoms with Gasteiger partial charge in [-0.25, -0.2) is 28.3 Å². The first-order chi connectivity index (χ1) is 17.1. The van der Waals surface area contributed by atoms with Crippen molar-refractivity contribution in [3.8, 4) is 0 Å². The highest BCUT2D eigenvalue weighted by Crippen LogP contribution is 2.41. The van der Waals surface area contributed by atoms with E-state index in [-0.39, 0.29) is 29.0 Å². The van der Waals surface area contributed by atoms with Crippen LogP contribution < -0.4 is 0 Å². The molecule has 37 heavy (non-hydrogen) atoms. The molecular formula is C25H35BrF2N2O5SSi. The van der Waals surface area contributed by atoms with E-state index in [0.717, 1.165) is 22.7 Å². The van der Waals surface area contributed by atoms with Gasteiger partial charge in [-0.05, 0) is 69.8 Å². The lowest BCUT2D eigenvalue weighted by atomic mass is 9.90. The molecule has 0 saturated carbocycles. The minimum Gasteiger partial charge on any atom is -0.462 e. The molecule has 12 heteroatoms. The van der Waals surface area contributed by atoms with Crippen LogP contribution in [0.2, 0.25) is 25.7 Å². The molecule has 1 aliphatic rings. The Morgan fingerprint density at radius 1 is 1.24 bits per heavy atom. The smallest absolute Gasteiger partial charge is 0.418 e. The van der Waals surface area contributed by atoms with E-state index in [0.29, 0.717) is 11.1 Å². The van der Waals surface area contributed by atoms with Gasteiger partial charge in [0, 0.05) is 24.7 Å². The summed E-state index contributed by atoms with van der Waals surface area (Å²) in [5.41, 5.74) is -2.87. The first kappa shape index (κ1) is 31.5. The maximum Gasteiger partial charge on any atom is 0.418 e. The zero-order valence-electron chi connectivity index (χ0n) is 22.3. The van der Waals surface area contributed by atoms with Crippen LogP contribution in [0.1, 0.15) is 33.3 Å². The molecule has 7 nitrogen and oxygen atoms in total. The number of esters is 1. The van der Waals surface area contributed by atoms with Crippen LogP contribution in [0.5, 0.6) is 0 Å². The Bertz CT molecular complexity index is 1060. The minimum absolute atomic E-state index is 0.0282. The van der Waals surface area contributed by atoms with Crippen molar-refractivity contribution in [2.45, 2.75) is 64.5 Å². The van der Waals surface area contributed by atoms with Crippen LogP contribution in [0.15, 0.2) is 38.6 Å². The maximum atomic E-state index is 15.0. The van der Waals surface area contributed by atoms with Crippen LogP contribution >= 0.6 is 27.7 Å². The topological polar surface area (TPSA) is 77.4 Å². The van der Waals surface area contributed by atoms with E-state index in [9.17, 15) is 18.4 Å². The van der Waals surface area contributed by atoms with Crippen molar-refractivity contribution >= 4 is 53.0 Å². The summed E-state index contributed by atoms with van der Waals surface area (Å²) in [4.78, 5) is 31.6. The van der Waals surface area contributed by atoms with Crippen LogP contribution in [0.25, 0.3) is 0 Å². The summed E-state index contributed by atoms with van der Waals surface area (Å²) in [6.07, 6.45) is 0.447. The average molecular weight is 622 g/mol. The lowest BCUT2D eigenvalue weighted by Crippen LogP contribution is -2.44. The van der Waals surface area contributed by atoms with Crippen molar-refractivity contribution in [1.29, 1.82) is 0 Å². The molecule has 0 spiro atoms. The summed E-state index contributed by atoms with van der Waals surface area (Å²) in [5.74, 6) is -1.46. The van der Waals surface area contributed by atoms with Gasteiger partial charge in [0.2, 0.25) is 0 Å². The van der Waals surface area contributed by atoms with E-state index in [4.69, 9.17) is 14.2 Å². The second-order valence-corrected chi connectivity index (χ2v) is 18.2. The quantitative estimate of drug-likeness (QED) is 0.130. The fourth-order valence-electron chi connectivity index (χ4n) is 3.13. The number of halogens is 3. The fourth-order valence-corrected chi connectivity index (χ4v) is 5.29. The van der Waals surface area contributed by atoms with Crippen LogP contribution in [0.4, 0.5) is 13.6 Å². The van der Waals surface area contributed by atoms with Crippen molar-refractivity contribution < 1.29 is 32.6 Å². The molecule has 0 aromatic heterocycles. The number of carbonyl (C=O) groups excluding carboxylic acids is 2. The molecule has 2 rings (SSSR count). The van der Waals surface area contributed by atoms with Gasteiger partial charge in [0.25, 0.3) is 0 Å². The molecule has 1 aliphatic heterocycles. The highest BCUT2D eigenvalue weighted by Gasteiger charge is 2.41. The van der Waals surface area contributed by atoms with Gasteiger partial charge in [-0.15, -0.1) is 0 Å². The Hall–Kier alpha value is -1.76. The predicted molar refractivity (Wildman–Crippen MR) is 149 cm³/mol. The maximum absolute atomic E-state index is 15.0. The van der Waals surface area contributed by atoms with Crippen LogP contribution in [0.3, 0.4) is 0 Å². The fraction of sp³-hybridized carbons (Fsp3) is 0.560. The molecule has 0 N–H and O–H groups in total. The molecule has 206 valence electrons. The molecule has 1 aromatic rings. The van der Waals surface area contributed by atoms with Crippen molar-refractivity contribution in [2.24, 2.45) is 4.99 Å². The number of aliphatic imine (C=N–C) groups is 1. The number of nitrogens with zero attached hydrogens (tertiary/aromatic N) is 2. The first-order valence-corrected chi connectivity index (χ1v) is 17.2. The van der Waals surface area contributed by atoms with Gasteiger partial charge in [-0.3, -0.25) is 0 Å². The number of ether oxygens (including phenoxy) is 3. The number of hydrogen-bond donors (Lipinski definition) is 0. The van der Waals surface area contributed by atoms with E-state index in [1.54, 1.807) is 27.7 Å². The number of thioether (sulfide) groups is 1. The number of amides is 1. The van der Waals surface area contributed by atoms with Crippen molar-refractivity contribution in [1.82, 2.24) is 4.90 Å². The van der Waals surface area contributed by atoms with Crippen molar-refractivity contribution in [3.63, 3.8) is 0 Å². The van der Waals surface area contributed by atoms with Crippen LogP contribution in [-0.4, -0.2) is 62.4 Å². The summed E-state index contributed by atoms with van der Waals surface area (Å²) in [6, 6.07) is 4.90. The monoisotopic (exact) mass is 620 g/mol. The second-order valence-electron chi connectivity index (χ2n) is 10.7. The molecule has 1 unspecified atom stereocenters. The number of alkyl halides is 1. The summed E-state index contributed by atoms with van der Waals surface area (Å²) < 4.78 is 46.8. The molecule has 0 radical (unpaired) electrons. The van der Waals surface area contributed by atoms with Crippen LogP contribution in [-0.2, 0) is 24.5 Å². The first-order valence-electron chi connectivity index (χ1n) is 11.9. The van der Waals surface area contributed by atoms with E-state index in [1.807, 2.05) is 0 Å². The third kappa shape index (κ3) is 9.19. The molecule has 1 amide bonds. The van der Waals surface area contributed by atoms with Crippen molar-refractivity contribution in [3.05, 3.63) is 45.0 Å². The van der Waals surface area contributed by atoms with E-state index in [1.165, 1.54) is 24.3 Å². The second kappa shape index (κ2) is 12.9. The van der Waals surface area contributed by atoms with Gasteiger partial charge >= 0.3 is 12.1 Å². The molecule has 0 saturated heterocycles.